The maximum Gasteiger partial charge on any atom is 0.308 e. The lowest BCUT2D eigenvalue weighted by Crippen LogP contribution is -2.51. The molecule has 3 fully saturated rings. The third kappa shape index (κ3) is 12.9. The van der Waals surface area contributed by atoms with Crippen LogP contribution in [0.3, 0.4) is 0 Å². The van der Waals surface area contributed by atoms with Crippen molar-refractivity contribution in [2.75, 3.05) is 38.9 Å². The van der Waals surface area contributed by atoms with Crippen LogP contribution in [-0.2, 0) is 47.6 Å². The minimum atomic E-state index is -1.06. The number of nitrogens with one attached hydrogen (secondary N) is 2. The number of ether oxygens (including phenoxy) is 8. The van der Waals surface area contributed by atoms with E-state index >= 15 is 9.59 Å². The summed E-state index contributed by atoms with van der Waals surface area (Å²) in [4.78, 5) is 135. The van der Waals surface area contributed by atoms with Crippen LogP contribution < -0.4 is 32.1 Å². The molecule has 94 heavy (non-hydrogen) atoms. The summed E-state index contributed by atoms with van der Waals surface area (Å²) in [6.07, 6.45) is -5.87. The molecule has 26 heteroatoms. The van der Waals surface area contributed by atoms with E-state index in [1.165, 1.54) is 0 Å². The molecule has 0 radical (unpaired) electrons. The molecular weight excluding hydrogens is 1210 g/mol. The number of aromatic nitrogens is 8. The number of nitrogen functional groups attached to an aromatic ring is 2. The molecule has 6 N–H and O–H groups in total. The second kappa shape index (κ2) is 26.9. The standard InChI is InChI=1S/C68H74N10O16/c1-31(2)63(83)89-29-45-43(93-65(85)33(5)6)27-47(91-45)77-57(71-53-59(77)73-67(69)75-61(53)81)39-15-11-13-37(25-39)55(79)51-49(35-17-21-41(87-9)22-18-35)50(36-19-23-42(88-10)24-20-36)52(51)56(80)38-14-12-16-40(26-38)58-72-54-60(74-68(70)76-62(54)82)78(58)48-28-44(94-66(86)34(7)8)46(92-48)30-90-64(84)32(3)4/h11-26,31-34,43-52H,27-30H2,1-10H3,(H3,69,73,75,81)(H3,70,74,76,82)/t43-,44-,45+,46+,47+,48+,49+,50+,51-,52-/m0/s1. The van der Waals surface area contributed by atoms with Gasteiger partial charge in [0.1, 0.15) is 73.2 Å². The molecule has 2 aliphatic heterocycles. The molecule has 10 atom stereocenters. The highest BCUT2D eigenvalue weighted by Gasteiger charge is 2.58. The minimum Gasteiger partial charge on any atom is -0.497 e. The number of imidazole rings is 2. The summed E-state index contributed by atoms with van der Waals surface area (Å²) in [5.41, 5.74) is 13.3. The Morgan fingerprint density at radius 1 is 0.521 bits per heavy atom. The Hall–Kier alpha value is -10.1. The number of esters is 4. The highest BCUT2D eigenvalue weighted by Crippen LogP contribution is 2.60. The molecule has 492 valence electrons. The van der Waals surface area contributed by atoms with Gasteiger partial charge in [-0.2, -0.15) is 9.97 Å². The number of carbonyl (C=O) groups excluding carboxylic acids is 6. The van der Waals surface area contributed by atoms with Crippen LogP contribution >= 0.6 is 0 Å². The Morgan fingerprint density at radius 3 is 1.22 bits per heavy atom. The lowest BCUT2D eigenvalue weighted by atomic mass is 9.49. The first-order valence-corrected chi connectivity index (χ1v) is 31.1. The van der Waals surface area contributed by atoms with Crippen molar-refractivity contribution in [2.24, 2.45) is 35.5 Å². The van der Waals surface area contributed by atoms with Gasteiger partial charge in [0.25, 0.3) is 11.1 Å². The maximum atomic E-state index is 16.1. The van der Waals surface area contributed by atoms with Crippen LogP contribution in [0.15, 0.2) is 107 Å². The van der Waals surface area contributed by atoms with Gasteiger partial charge in [-0.1, -0.05) is 116 Å². The van der Waals surface area contributed by atoms with E-state index < -0.39 is 131 Å². The van der Waals surface area contributed by atoms with Gasteiger partial charge in [-0.25, -0.2) is 9.97 Å². The van der Waals surface area contributed by atoms with Crippen molar-refractivity contribution >= 4 is 69.7 Å². The molecule has 11 rings (SSSR count). The van der Waals surface area contributed by atoms with E-state index in [1.54, 1.807) is 152 Å². The van der Waals surface area contributed by atoms with E-state index in [0.717, 1.165) is 11.1 Å². The monoisotopic (exact) mass is 1290 g/mol. The first-order chi connectivity index (χ1) is 44.9. The van der Waals surface area contributed by atoms with E-state index in [9.17, 15) is 28.8 Å². The molecule has 26 nitrogen and oxygen atoms in total. The van der Waals surface area contributed by atoms with Crippen molar-refractivity contribution in [3.63, 3.8) is 0 Å². The van der Waals surface area contributed by atoms with Gasteiger partial charge < -0.3 is 49.4 Å². The van der Waals surface area contributed by atoms with Gasteiger partial charge in [-0.05, 0) is 47.5 Å². The highest BCUT2D eigenvalue weighted by molar-refractivity contribution is 6.08. The third-order valence-electron chi connectivity index (χ3n) is 17.2. The van der Waals surface area contributed by atoms with Crippen LogP contribution in [0.25, 0.3) is 45.1 Å². The van der Waals surface area contributed by atoms with E-state index in [-0.39, 0.29) is 83.1 Å². The van der Waals surface area contributed by atoms with Gasteiger partial charge >= 0.3 is 23.9 Å². The zero-order chi connectivity index (χ0) is 67.1. The molecule has 0 bridgehead atoms. The molecule has 0 unspecified atom stereocenters. The minimum absolute atomic E-state index is 0.00131. The number of nitrogens with two attached hydrogens (primary N) is 2. The lowest BCUT2D eigenvalue weighted by Gasteiger charge is -2.51. The number of methoxy groups -OCH3 is 2. The third-order valence-corrected chi connectivity index (χ3v) is 17.2. The largest absolute Gasteiger partial charge is 0.497 e. The van der Waals surface area contributed by atoms with Gasteiger partial charge in [-0.15, -0.1) is 0 Å². The first-order valence-electron chi connectivity index (χ1n) is 31.1. The van der Waals surface area contributed by atoms with Crippen molar-refractivity contribution in [1.82, 2.24) is 39.0 Å². The molecule has 4 aromatic carbocycles. The van der Waals surface area contributed by atoms with Crippen molar-refractivity contribution in [2.45, 2.75) is 117 Å². The summed E-state index contributed by atoms with van der Waals surface area (Å²) < 4.78 is 50.6. The summed E-state index contributed by atoms with van der Waals surface area (Å²) in [5.74, 6) is -7.32. The van der Waals surface area contributed by atoms with E-state index in [4.69, 9.17) is 59.3 Å². The molecule has 1 saturated carbocycles. The number of aromatic amines is 2. The fourth-order valence-electron chi connectivity index (χ4n) is 12.3. The van der Waals surface area contributed by atoms with Gasteiger partial charge in [-0.3, -0.25) is 57.5 Å². The molecule has 6 heterocycles. The van der Waals surface area contributed by atoms with Crippen molar-refractivity contribution < 1.29 is 66.7 Å². The summed E-state index contributed by atoms with van der Waals surface area (Å²) >= 11 is 0. The van der Waals surface area contributed by atoms with Crippen molar-refractivity contribution in [3.05, 3.63) is 140 Å². The fraction of sp³-hybridized carbons (Fsp3) is 0.412. The summed E-state index contributed by atoms with van der Waals surface area (Å²) in [6.45, 7) is 12.9. The Morgan fingerprint density at radius 2 is 0.883 bits per heavy atom. The second-order valence-corrected chi connectivity index (χ2v) is 25.0. The molecule has 8 aromatic rings. The molecule has 4 aromatic heterocycles. The molecule has 0 amide bonds. The van der Waals surface area contributed by atoms with Gasteiger partial charge in [0.2, 0.25) is 11.9 Å². The number of Topliss-reactive ketones (excluding diaryl/α,β-unsaturated/α-hetero) is 2. The quantitative estimate of drug-likeness (QED) is 0.0283. The number of benzene rings is 4. The number of fused-ring (bicyclic) bond motifs is 2. The highest BCUT2D eigenvalue weighted by atomic mass is 16.6. The molecule has 2 saturated heterocycles. The first kappa shape index (κ1) is 65.4. The smallest absolute Gasteiger partial charge is 0.308 e. The summed E-state index contributed by atoms with van der Waals surface area (Å²) in [7, 11) is 3.09. The molecule has 0 spiro atoms. The number of H-pyrrole nitrogens is 2. The van der Waals surface area contributed by atoms with Crippen molar-refractivity contribution in [3.8, 4) is 34.3 Å². The number of carbonyl (C=O) groups is 6. The molecule has 3 aliphatic rings. The number of anilines is 2. The average molecular weight is 1290 g/mol. The predicted molar refractivity (Wildman–Crippen MR) is 341 cm³/mol. The number of ketones is 2. The Kier molecular flexibility index (Phi) is 18.7. The zero-order valence-electron chi connectivity index (χ0n) is 53.5. The lowest BCUT2D eigenvalue weighted by molar-refractivity contribution is -0.163. The number of rotatable bonds is 22. The number of hydrogen-bond acceptors (Lipinski definition) is 22. The number of nitrogens with zero attached hydrogens (tertiary/aromatic N) is 6. The Labute approximate surface area is 539 Å². The van der Waals surface area contributed by atoms with Crippen LogP contribution in [-0.4, -0.2) is 126 Å². The summed E-state index contributed by atoms with van der Waals surface area (Å²) in [6, 6.07) is 27.8. The van der Waals surface area contributed by atoms with E-state index in [1.807, 2.05) is 24.3 Å². The van der Waals surface area contributed by atoms with E-state index in [2.05, 4.69) is 19.9 Å². The maximum absolute atomic E-state index is 16.1. The SMILES string of the molecule is COc1ccc([C@H]2[C@H](C(=O)c3cccc(-c4nc5c(=O)[nH]c(N)nc5n4[C@H]4C[C@H](OC(=O)C(C)C)[C@@H](COC(=O)C(C)C)O4)c3)[C@@H](C(=O)c3cccc(-c4nc5c(=O)[nH]c(N)nc5n4[C@H]4C[C@H](OC(=O)C(C)C)[C@@H](COC(=O)C(C)C)O4)c3)[C@@H]2c2ccc(OC)cc2)cc1. The van der Waals surface area contributed by atoms with Crippen LogP contribution in [0.4, 0.5) is 11.9 Å². The fourth-order valence-corrected chi connectivity index (χ4v) is 12.3. The summed E-state index contributed by atoms with van der Waals surface area (Å²) in [5, 5.41) is 0. The zero-order valence-corrected chi connectivity index (χ0v) is 53.5. The normalized spacial score (nSPS) is 21.8. The average Bonchev–Trinajstić information content (AvgIpc) is 0.904. The Bertz CT molecular complexity index is 4070. The van der Waals surface area contributed by atoms with Gasteiger partial charge in [0.05, 0.1) is 37.9 Å². The van der Waals surface area contributed by atoms with E-state index in [0.29, 0.717) is 22.6 Å². The van der Waals surface area contributed by atoms with Gasteiger partial charge in [0.15, 0.2) is 33.9 Å². The van der Waals surface area contributed by atoms with Gasteiger partial charge in [0, 0.05) is 58.8 Å². The topological polar surface area (TPSA) is 355 Å². The molecule has 1 aliphatic carbocycles. The second-order valence-electron chi connectivity index (χ2n) is 25.0. The van der Waals surface area contributed by atoms with Crippen molar-refractivity contribution in [1.29, 1.82) is 0 Å². The molecular formula is C68H74N10O16. The predicted octanol–water partition coefficient (Wildman–Crippen LogP) is 8.06. The van der Waals surface area contributed by atoms with Crippen LogP contribution in [0.2, 0.25) is 0 Å². The number of hydrogen-bond donors (Lipinski definition) is 4. The van der Waals surface area contributed by atoms with Crippen LogP contribution in [0.1, 0.15) is 124 Å². The Balaban J connectivity index is 1.01. The van der Waals surface area contributed by atoms with Crippen LogP contribution in [0.5, 0.6) is 11.5 Å². The van der Waals surface area contributed by atoms with Crippen LogP contribution in [0, 0.1) is 35.5 Å².